The molecule has 0 aliphatic rings. The number of carbonyl (C=O) groups excluding carboxylic acids is 1. The number of aryl methyl sites for hydroxylation is 1. The highest BCUT2D eigenvalue weighted by Gasteiger charge is 2.11. The molecule has 1 unspecified atom stereocenters. The maximum absolute atomic E-state index is 13.2. The number of halogens is 2. The van der Waals surface area contributed by atoms with Gasteiger partial charge in [-0.1, -0.05) is 12.1 Å². The Hall–Kier alpha value is -2.23. The molecule has 1 amide bonds. The fourth-order valence-electron chi connectivity index (χ4n) is 2.12. The standard InChI is InChI=1S/C17H17F2NO/c1-11-9-14(5-8-16(11)19)17(21)20-12(2)10-13-3-6-15(18)7-4-13/h3-9,12H,10H2,1-2H3,(H,20,21). The van der Waals surface area contributed by atoms with Gasteiger partial charge in [-0.05, 0) is 61.7 Å². The van der Waals surface area contributed by atoms with Gasteiger partial charge in [0, 0.05) is 11.6 Å². The van der Waals surface area contributed by atoms with Crippen molar-refractivity contribution in [3.63, 3.8) is 0 Å². The molecule has 2 aromatic carbocycles. The number of nitrogens with one attached hydrogen (secondary N) is 1. The van der Waals surface area contributed by atoms with Gasteiger partial charge in [-0.3, -0.25) is 4.79 Å². The number of hydrogen-bond donors (Lipinski definition) is 1. The smallest absolute Gasteiger partial charge is 0.251 e. The summed E-state index contributed by atoms with van der Waals surface area (Å²) < 4.78 is 26.0. The lowest BCUT2D eigenvalue weighted by atomic mass is 10.1. The lowest BCUT2D eigenvalue weighted by Gasteiger charge is -2.14. The van der Waals surface area contributed by atoms with Crippen LogP contribution < -0.4 is 5.32 Å². The van der Waals surface area contributed by atoms with Crippen LogP contribution in [0.15, 0.2) is 42.5 Å². The first-order valence-corrected chi connectivity index (χ1v) is 6.77. The average Bonchev–Trinajstić information content (AvgIpc) is 2.44. The van der Waals surface area contributed by atoms with Crippen LogP contribution in [0.1, 0.15) is 28.4 Å². The molecule has 0 aliphatic carbocycles. The molecule has 0 spiro atoms. The van der Waals surface area contributed by atoms with Crippen molar-refractivity contribution in [2.45, 2.75) is 26.3 Å². The average molecular weight is 289 g/mol. The monoisotopic (exact) mass is 289 g/mol. The van der Waals surface area contributed by atoms with E-state index < -0.39 is 0 Å². The van der Waals surface area contributed by atoms with Crippen LogP contribution in [0.2, 0.25) is 0 Å². The molecule has 0 aliphatic heterocycles. The zero-order valence-electron chi connectivity index (χ0n) is 12.0. The van der Waals surface area contributed by atoms with Crippen LogP contribution in [0.4, 0.5) is 8.78 Å². The molecule has 0 aromatic heterocycles. The Bertz CT molecular complexity index is 638. The highest BCUT2D eigenvalue weighted by Crippen LogP contribution is 2.10. The summed E-state index contributed by atoms with van der Waals surface area (Å²) in [6.45, 7) is 3.49. The second-order valence-corrected chi connectivity index (χ2v) is 5.17. The molecule has 0 saturated carbocycles. The van der Waals surface area contributed by atoms with E-state index in [1.54, 1.807) is 19.1 Å². The van der Waals surface area contributed by atoms with Crippen LogP contribution in [-0.2, 0) is 6.42 Å². The third kappa shape index (κ3) is 4.12. The molecular weight excluding hydrogens is 272 g/mol. The summed E-state index contributed by atoms with van der Waals surface area (Å²) in [5.41, 5.74) is 1.81. The predicted octanol–water partition coefficient (Wildman–Crippen LogP) is 3.63. The summed E-state index contributed by atoms with van der Waals surface area (Å²) in [5, 5.41) is 2.85. The topological polar surface area (TPSA) is 29.1 Å². The molecule has 1 N–H and O–H groups in total. The lowest BCUT2D eigenvalue weighted by Crippen LogP contribution is -2.34. The van der Waals surface area contributed by atoms with Crippen molar-refractivity contribution in [1.29, 1.82) is 0 Å². The molecule has 0 bridgehead atoms. The number of rotatable bonds is 4. The molecular formula is C17H17F2NO. The van der Waals surface area contributed by atoms with Crippen molar-refractivity contribution in [2.24, 2.45) is 0 Å². The lowest BCUT2D eigenvalue weighted by molar-refractivity contribution is 0.0940. The molecule has 1 atom stereocenters. The molecule has 21 heavy (non-hydrogen) atoms. The first-order chi connectivity index (χ1) is 9.95. The number of benzene rings is 2. The van der Waals surface area contributed by atoms with Gasteiger partial charge in [0.1, 0.15) is 11.6 Å². The maximum Gasteiger partial charge on any atom is 0.251 e. The molecule has 2 rings (SSSR count). The Morgan fingerprint density at radius 3 is 2.43 bits per heavy atom. The molecule has 2 nitrogen and oxygen atoms in total. The largest absolute Gasteiger partial charge is 0.349 e. The number of carbonyl (C=O) groups is 1. The molecule has 4 heteroatoms. The van der Waals surface area contributed by atoms with E-state index in [4.69, 9.17) is 0 Å². The summed E-state index contributed by atoms with van der Waals surface area (Å²) in [5.74, 6) is -0.851. The Kier molecular flexibility index (Phi) is 4.68. The highest BCUT2D eigenvalue weighted by molar-refractivity contribution is 5.94. The second-order valence-electron chi connectivity index (χ2n) is 5.17. The molecule has 110 valence electrons. The van der Waals surface area contributed by atoms with Crippen LogP contribution in [-0.4, -0.2) is 11.9 Å². The minimum atomic E-state index is -0.328. The van der Waals surface area contributed by atoms with Gasteiger partial charge in [0.15, 0.2) is 0 Å². The normalized spacial score (nSPS) is 12.0. The second kappa shape index (κ2) is 6.48. The van der Waals surface area contributed by atoms with Crippen LogP contribution in [0.25, 0.3) is 0 Å². The fourth-order valence-corrected chi connectivity index (χ4v) is 2.12. The van der Waals surface area contributed by atoms with Crippen molar-refractivity contribution in [3.8, 4) is 0 Å². The first-order valence-electron chi connectivity index (χ1n) is 6.77. The third-order valence-electron chi connectivity index (χ3n) is 3.25. The van der Waals surface area contributed by atoms with Crippen molar-refractivity contribution in [1.82, 2.24) is 5.32 Å². The van der Waals surface area contributed by atoms with Gasteiger partial charge in [0.25, 0.3) is 5.91 Å². The van der Waals surface area contributed by atoms with Crippen molar-refractivity contribution >= 4 is 5.91 Å². The van der Waals surface area contributed by atoms with Gasteiger partial charge in [0.2, 0.25) is 0 Å². The van der Waals surface area contributed by atoms with Gasteiger partial charge in [-0.15, -0.1) is 0 Å². The van der Waals surface area contributed by atoms with Crippen molar-refractivity contribution < 1.29 is 13.6 Å². The maximum atomic E-state index is 13.2. The quantitative estimate of drug-likeness (QED) is 0.915. The number of hydrogen-bond acceptors (Lipinski definition) is 1. The Balaban J connectivity index is 1.98. The van der Waals surface area contributed by atoms with Gasteiger partial charge >= 0.3 is 0 Å². The van der Waals surface area contributed by atoms with E-state index in [1.807, 2.05) is 6.92 Å². The molecule has 2 aromatic rings. The van der Waals surface area contributed by atoms with E-state index in [1.165, 1.54) is 30.3 Å². The van der Waals surface area contributed by atoms with Crippen LogP contribution in [0, 0.1) is 18.6 Å². The SMILES string of the molecule is Cc1cc(C(=O)NC(C)Cc2ccc(F)cc2)ccc1F. The third-order valence-corrected chi connectivity index (χ3v) is 3.25. The van der Waals surface area contributed by atoms with E-state index in [-0.39, 0.29) is 23.6 Å². The van der Waals surface area contributed by atoms with Crippen LogP contribution >= 0.6 is 0 Å². The van der Waals surface area contributed by atoms with Crippen molar-refractivity contribution in [3.05, 3.63) is 70.8 Å². The molecule has 0 saturated heterocycles. The Morgan fingerprint density at radius 2 is 1.81 bits per heavy atom. The minimum Gasteiger partial charge on any atom is -0.349 e. The van der Waals surface area contributed by atoms with E-state index in [0.29, 0.717) is 17.5 Å². The fraction of sp³-hybridized carbons (Fsp3) is 0.235. The Labute approximate surface area is 122 Å². The summed E-state index contributed by atoms with van der Waals surface area (Å²) in [4.78, 5) is 12.1. The van der Waals surface area contributed by atoms with Gasteiger partial charge in [-0.25, -0.2) is 8.78 Å². The summed E-state index contributed by atoms with van der Waals surface area (Å²) in [7, 11) is 0. The van der Waals surface area contributed by atoms with Crippen LogP contribution in [0.3, 0.4) is 0 Å². The minimum absolute atomic E-state index is 0.103. The predicted molar refractivity (Wildman–Crippen MR) is 78.2 cm³/mol. The zero-order chi connectivity index (χ0) is 15.4. The van der Waals surface area contributed by atoms with Crippen molar-refractivity contribution in [2.75, 3.05) is 0 Å². The van der Waals surface area contributed by atoms with E-state index in [9.17, 15) is 13.6 Å². The van der Waals surface area contributed by atoms with Gasteiger partial charge < -0.3 is 5.32 Å². The van der Waals surface area contributed by atoms with Gasteiger partial charge in [-0.2, -0.15) is 0 Å². The van der Waals surface area contributed by atoms with E-state index >= 15 is 0 Å². The highest BCUT2D eigenvalue weighted by atomic mass is 19.1. The van der Waals surface area contributed by atoms with E-state index in [0.717, 1.165) is 5.56 Å². The number of amides is 1. The first kappa shape index (κ1) is 15.2. The summed E-state index contributed by atoms with van der Waals surface area (Å²) >= 11 is 0. The zero-order valence-corrected chi connectivity index (χ0v) is 12.0. The molecule has 0 radical (unpaired) electrons. The summed E-state index contributed by atoms with van der Waals surface area (Å²) in [6, 6.07) is 10.3. The van der Waals surface area contributed by atoms with Gasteiger partial charge in [0.05, 0.1) is 0 Å². The molecule has 0 heterocycles. The van der Waals surface area contributed by atoms with Crippen LogP contribution in [0.5, 0.6) is 0 Å². The Morgan fingerprint density at radius 1 is 1.14 bits per heavy atom. The van der Waals surface area contributed by atoms with E-state index in [2.05, 4.69) is 5.32 Å². The summed E-state index contributed by atoms with van der Waals surface area (Å²) in [6.07, 6.45) is 0.603. The molecule has 0 fully saturated rings.